The highest BCUT2D eigenvalue weighted by atomic mass is 79.9. The molecule has 1 unspecified atom stereocenters. The third kappa shape index (κ3) is 4.87. The summed E-state index contributed by atoms with van der Waals surface area (Å²) in [6, 6.07) is 17.9. The molecule has 0 saturated heterocycles. The van der Waals surface area contributed by atoms with Crippen LogP contribution in [0.4, 0.5) is 0 Å². The van der Waals surface area contributed by atoms with Crippen LogP contribution in [0.25, 0.3) is 6.08 Å². The summed E-state index contributed by atoms with van der Waals surface area (Å²) in [4.78, 5) is 12.0. The van der Waals surface area contributed by atoms with Crippen LogP contribution < -0.4 is 5.32 Å². The van der Waals surface area contributed by atoms with E-state index in [2.05, 4.69) is 28.2 Å². The van der Waals surface area contributed by atoms with Crippen molar-refractivity contribution in [3.63, 3.8) is 0 Å². The lowest BCUT2D eigenvalue weighted by atomic mass is 10.0. The van der Waals surface area contributed by atoms with Crippen molar-refractivity contribution in [2.45, 2.75) is 19.4 Å². The van der Waals surface area contributed by atoms with Crippen LogP contribution in [0.2, 0.25) is 0 Å². The van der Waals surface area contributed by atoms with E-state index in [-0.39, 0.29) is 11.9 Å². The molecule has 0 fully saturated rings. The van der Waals surface area contributed by atoms with E-state index in [0.717, 1.165) is 22.0 Å². The third-order valence-electron chi connectivity index (χ3n) is 3.20. The van der Waals surface area contributed by atoms with Crippen LogP contribution >= 0.6 is 15.9 Å². The molecule has 0 radical (unpaired) electrons. The molecule has 0 spiro atoms. The first-order valence-corrected chi connectivity index (χ1v) is 7.77. The molecule has 2 aromatic rings. The van der Waals surface area contributed by atoms with Gasteiger partial charge in [0.05, 0.1) is 6.04 Å². The number of halogens is 1. The zero-order valence-electron chi connectivity index (χ0n) is 11.9. The summed E-state index contributed by atoms with van der Waals surface area (Å²) in [6.07, 6.45) is 4.26. The van der Waals surface area contributed by atoms with Crippen LogP contribution in [-0.2, 0) is 4.79 Å². The number of hydrogen-bond acceptors (Lipinski definition) is 1. The van der Waals surface area contributed by atoms with Crippen molar-refractivity contribution in [1.82, 2.24) is 5.32 Å². The third-order valence-corrected chi connectivity index (χ3v) is 3.70. The molecule has 1 N–H and O–H groups in total. The molecule has 0 aliphatic heterocycles. The topological polar surface area (TPSA) is 29.1 Å². The van der Waals surface area contributed by atoms with E-state index in [1.165, 1.54) is 0 Å². The molecule has 0 heterocycles. The van der Waals surface area contributed by atoms with Gasteiger partial charge in [-0.15, -0.1) is 0 Å². The van der Waals surface area contributed by atoms with E-state index in [4.69, 9.17) is 0 Å². The van der Waals surface area contributed by atoms with E-state index >= 15 is 0 Å². The number of benzene rings is 2. The Kier molecular flexibility index (Phi) is 5.76. The molecule has 0 aromatic heterocycles. The predicted octanol–water partition coefficient (Wildman–Crippen LogP) is 4.73. The van der Waals surface area contributed by atoms with Crippen molar-refractivity contribution >= 4 is 27.9 Å². The average Bonchev–Trinajstić information content (AvgIpc) is 2.51. The summed E-state index contributed by atoms with van der Waals surface area (Å²) in [5.41, 5.74) is 2.12. The normalized spacial score (nSPS) is 12.3. The van der Waals surface area contributed by atoms with Crippen molar-refractivity contribution < 1.29 is 4.79 Å². The zero-order chi connectivity index (χ0) is 15.1. The fourth-order valence-electron chi connectivity index (χ4n) is 2.11. The van der Waals surface area contributed by atoms with Gasteiger partial charge in [0.15, 0.2) is 0 Å². The van der Waals surface area contributed by atoms with Crippen molar-refractivity contribution in [3.8, 4) is 0 Å². The second kappa shape index (κ2) is 7.79. The van der Waals surface area contributed by atoms with Crippen molar-refractivity contribution in [1.29, 1.82) is 0 Å². The van der Waals surface area contributed by atoms with Crippen LogP contribution in [-0.4, -0.2) is 5.91 Å². The van der Waals surface area contributed by atoms with Gasteiger partial charge in [0.2, 0.25) is 5.91 Å². The second-order valence-corrected chi connectivity index (χ2v) is 5.68. The van der Waals surface area contributed by atoms with Gasteiger partial charge in [-0.1, -0.05) is 65.3 Å². The molecular weight excluding hydrogens is 326 g/mol. The maximum absolute atomic E-state index is 12.0. The van der Waals surface area contributed by atoms with E-state index in [9.17, 15) is 4.79 Å². The molecule has 2 nitrogen and oxygen atoms in total. The summed E-state index contributed by atoms with van der Waals surface area (Å²) in [5, 5.41) is 3.03. The van der Waals surface area contributed by atoms with Crippen LogP contribution in [0.15, 0.2) is 65.1 Å². The SMILES string of the molecule is CCC(NC(=O)/C=C/c1cccc(Br)c1)c1ccccc1. The van der Waals surface area contributed by atoms with E-state index in [0.29, 0.717) is 0 Å². The molecule has 1 amide bonds. The standard InChI is InChI=1S/C18H18BrNO/c1-2-17(15-8-4-3-5-9-15)20-18(21)12-11-14-7-6-10-16(19)13-14/h3-13,17H,2H2,1H3,(H,20,21)/b12-11+. The first kappa shape index (κ1) is 15.5. The number of rotatable bonds is 5. The Balaban J connectivity index is 2.00. The van der Waals surface area contributed by atoms with Crippen molar-refractivity contribution in [2.24, 2.45) is 0 Å². The molecule has 2 aromatic carbocycles. The molecule has 108 valence electrons. The Morgan fingerprint density at radius 3 is 2.62 bits per heavy atom. The zero-order valence-corrected chi connectivity index (χ0v) is 13.5. The van der Waals surface area contributed by atoms with Crippen LogP contribution in [0.5, 0.6) is 0 Å². The Morgan fingerprint density at radius 2 is 1.95 bits per heavy atom. The van der Waals surface area contributed by atoms with Gasteiger partial charge in [-0.25, -0.2) is 0 Å². The van der Waals surface area contributed by atoms with E-state index in [1.54, 1.807) is 6.08 Å². The van der Waals surface area contributed by atoms with Gasteiger partial charge in [0.25, 0.3) is 0 Å². The van der Waals surface area contributed by atoms with E-state index < -0.39 is 0 Å². The van der Waals surface area contributed by atoms with Crippen molar-refractivity contribution in [2.75, 3.05) is 0 Å². The second-order valence-electron chi connectivity index (χ2n) is 4.77. The molecule has 21 heavy (non-hydrogen) atoms. The number of carbonyl (C=O) groups is 1. The predicted molar refractivity (Wildman–Crippen MR) is 90.8 cm³/mol. The van der Waals surface area contributed by atoms with Crippen LogP contribution in [0, 0.1) is 0 Å². The fourth-order valence-corrected chi connectivity index (χ4v) is 2.53. The summed E-state index contributed by atoms with van der Waals surface area (Å²) in [6.45, 7) is 2.07. The van der Waals surface area contributed by atoms with Gasteiger partial charge in [0, 0.05) is 10.5 Å². The lowest BCUT2D eigenvalue weighted by Gasteiger charge is -2.16. The molecule has 0 bridgehead atoms. The van der Waals surface area contributed by atoms with Gasteiger partial charge in [-0.05, 0) is 35.8 Å². The van der Waals surface area contributed by atoms with Gasteiger partial charge in [-0.3, -0.25) is 4.79 Å². The number of carbonyl (C=O) groups excluding carboxylic acids is 1. The molecular formula is C18H18BrNO. The minimum atomic E-state index is -0.0781. The highest BCUT2D eigenvalue weighted by molar-refractivity contribution is 9.10. The van der Waals surface area contributed by atoms with Crippen LogP contribution in [0.3, 0.4) is 0 Å². The summed E-state index contributed by atoms with van der Waals surface area (Å²) < 4.78 is 1.00. The first-order chi connectivity index (χ1) is 10.2. The monoisotopic (exact) mass is 343 g/mol. The number of amides is 1. The smallest absolute Gasteiger partial charge is 0.244 e. The number of hydrogen-bond donors (Lipinski definition) is 1. The highest BCUT2D eigenvalue weighted by Crippen LogP contribution is 2.16. The first-order valence-electron chi connectivity index (χ1n) is 6.98. The molecule has 3 heteroatoms. The minimum absolute atomic E-state index is 0.0471. The van der Waals surface area contributed by atoms with Gasteiger partial charge >= 0.3 is 0 Å². The molecule has 0 aliphatic carbocycles. The molecule has 0 saturated carbocycles. The fraction of sp³-hybridized carbons (Fsp3) is 0.167. The maximum Gasteiger partial charge on any atom is 0.244 e. The maximum atomic E-state index is 12.0. The minimum Gasteiger partial charge on any atom is -0.346 e. The number of nitrogens with one attached hydrogen (secondary N) is 1. The summed E-state index contributed by atoms with van der Waals surface area (Å²) in [5.74, 6) is -0.0781. The van der Waals surface area contributed by atoms with Gasteiger partial charge in [0.1, 0.15) is 0 Å². The van der Waals surface area contributed by atoms with Crippen molar-refractivity contribution in [3.05, 3.63) is 76.3 Å². The van der Waals surface area contributed by atoms with Gasteiger partial charge < -0.3 is 5.32 Å². The Morgan fingerprint density at radius 1 is 1.19 bits per heavy atom. The Hall–Kier alpha value is -1.87. The van der Waals surface area contributed by atoms with Gasteiger partial charge in [-0.2, -0.15) is 0 Å². The Labute approximate surface area is 134 Å². The average molecular weight is 344 g/mol. The van der Waals surface area contributed by atoms with E-state index in [1.807, 2.05) is 60.7 Å². The lowest BCUT2D eigenvalue weighted by molar-refractivity contribution is -0.117. The van der Waals surface area contributed by atoms with Crippen LogP contribution in [0.1, 0.15) is 30.5 Å². The lowest BCUT2D eigenvalue weighted by Crippen LogP contribution is -2.26. The quantitative estimate of drug-likeness (QED) is 0.781. The Bertz CT molecular complexity index is 622. The summed E-state index contributed by atoms with van der Waals surface area (Å²) >= 11 is 3.42. The molecule has 1 atom stereocenters. The largest absolute Gasteiger partial charge is 0.346 e. The summed E-state index contributed by atoms with van der Waals surface area (Å²) in [7, 11) is 0. The highest BCUT2D eigenvalue weighted by Gasteiger charge is 2.10. The molecule has 2 rings (SSSR count). The molecule has 0 aliphatic rings.